The molecule has 4 aromatic rings. The number of allylic oxidation sites excluding steroid dienone is 4. The third-order valence-corrected chi connectivity index (χ3v) is 9.99. The number of benzene rings is 4. The SMILES string of the molecule is COc1cc(C2C3=C(CC(C)(C)CC3=O)N(Cc3ccccc3)C3=C2C(=O)CC(C)(C)C3)ccc1OCc1cccc2ccccc12. The van der Waals surface area contributed by atoms with E-state index in [0.717, 1.165) is 57.5 Å². The molecule has 7 rings (SSSR count). The van der Waals surface area contributed by atoms with E-state index in [4.69, 9.17) is 9.47 Å². The Morgan fingerprint density at radius 3 is 1.98 bits per heavy atom. The van der Waals surface area contributed by atoms with Gasteiger partial charge in [0.25, 0.3) is 0 Å². The Kier molecular flexibility index (Phi) is 7.82. The molecule has 0 saturated carbocycles. The highest BCUT2D eigenvalue weighted by Gasteiger charge is 2.49. The molecule has 0 saturated heterocycles. The van der Waals surface area contributed by atoms with Crippen LogP contribution in [0.25, 0.3) is 10.8 Å². The lowest BCUT2D eigenvalue weighted by Gasteiger charge is -2.49. The van der Waals surface area contributed by atoms with E-state index in [-0.39, 0.29) is 22.4 Å². The third-order valence-electron chi connectivity index (χ3n) is 9.99. The molecule has 2 aliphatic carbocycles. The van der Waals surface area contributed by atoms with Crippen molar-refractivity contribution in [2.75, 3.05) is 7.11 Å². The second-order valence-electron chi connectivity index (χ2n) is 14.9. The van der Waals surface area contributed by atoms with Gasteiger partial charge >= 0.3 is 0 Å². The fraction of sp³-hybridized carbons (Fsp3) is 0.333. The summed E-state index contributed by atoms with van der Waals surface area (Å²) in [5.74, 6) is 1.02. The fourth-order valence-electron chi connectivity index (χ4n) is 7.89. The summed E-state index contributed by atoms with van der Waals surface area (Å²) in [5.41, 5.74) is 6.41. The Balaban J connectivity index is 1.33. The molecule has 0 bridgehead atoms. The molecule has 0 N–H and O–H groups in total. The molecular weight excluding hydrogens is 582 g/mol. The summed E-state index contributed by atoms with van der Waals surface area (Å²) in [6.45, 7) is 9.72. The zero-order valence-corrected chi connectivity index (χ0v) is 28.1. The zero-order valence-electron chi connectivity index (χ0n) is 28.1. The molecular formula is C42H43NO4. The number of hydrogen-bond donors (Lipinski definition) is 0. The van der Waals surface area contributed by atoms with Crippen molar-refractivity contribution in [1.29, 1.82) is 0 Å². The van der Waals surface area contributed by atoms with E-state index in [0.29, 0.717) is 37.5 Å². The number of nitrogens with zero attached hydrogens (tertiary/aromatic N) is 1. The smallest absolute Gasteiger partial charge is 0.162 e. The number of ether oxygens (including phenoxy) is 2. The molecule has 0 atom stereocenters. The predicted octanol–water partition coefficient (Wildman–Crippen LogP) is 9.31. The first-order valence-corrected chi connectivity index (χ1v) is 16.6. The molecule has 240 valence electrons. The van der Waals surface area contributed by atoms with E-state index in [2.05, 4.69) is 81.1 Å². The topological polar surface area (TPSA) is 55.8 Å². The molecule has 5 heteroatoms. The van der Waals surface area contributed by atoms with Crippen LogP contribution in [0.1, 0.15) is 76.0 Å². The highest BCUT2D eigenvalue weighted by Crippen LogP contribution is 2.55. The third kappa shape index (κ3) is 5.88. The normalized spacial score (nSPS) is 19.1. The Bertz CT molecular complexity index is 1890. The standard InChI is InChI=1S/C42H43NO4/c1-41(2)21-32-39(34(44)23-41)38(40-33(22-42(3,4)24-35(40)45)43(32)25-27-12-7-6-8-13-27)29-18-19-36(37(20-29)46-5)47-26-30-16-11-15-28-14-9-10-17-31(28)30/h6-20,38H,21-26H2,1-5H3. The van der Waals surface area contributed by atoms with Gasteiger partial charge in [-0.3, -0.25) is 9.59 Å². The number of hydrogen-bond acceptors (Lipinski definition) is 5. The lowest BCUT2D eigenvalue weighted by molar-refractivity contribution is -0.119. The van der Waals surface area contributed by atoms with Crippen LogP contribution in [0, 0.1) is 10.8 Å². The van der Waals surface area contributed by atoms with Crippen LogP contribution in [0.2, 0.25) is 0 Å². The summed E-state index contributed by atoms with van der Waals surface area (Å²) in [6.07, 6.45) is 2.44. The van der Waals surface area contributed by atoms with E-state index in [1.54, 1.807) is 7.11 Å². The average Bonchev–Trinajstić information content (AvgIpc) is 3.03. The van der Waals surface area contributed by atoms with Crippen molar-refractivity contribution >= 4 is 22.3 Å². The van der Waals surface area contributed by atoms with E-state index >= 15 is 0 Å². The molecule has 1 heterocycles. The van der Waals surface area contributed by atoms with Crippen molar-refractivity contribution in [1.82, 2.24) is 4.90 Å². The Morgan fingerprint density at radius 1 is 0.702 bits per heavy atom. The number of carbonyl (C=O) groups excluding carboxylic acids is 2. The van der Waals surface area contributed by atoms with Crippen molar-refractivity contribution < 1.29 is 19.1 Å². The van der Waals surface area contributed by atoms with E-state index in [9.17, 15) is 9.59 Å². The van der Waals surface area contributed by atoms with Crippen LogP contribution in [-0.4, -0.2) is 23.6 Å². The number of rotatable bonds is 7. The summed E-state index contributed by atoms with van der Waals surface area (Å²) in [4.78, 5) is 30.8. The minimum atomic E-state index is -0.444. The molecule has 1 aliphatic heterocycles. The monoisotopic (exact) mass is 625 g/mol. The van der Waals surface area contributed by atoms with Gasteiger partial charge in [-0.2, -0.15) is 0 Å². The van der Waals surface area contributed by atoms with E-state index in [1.165, 1.54) is 5.39 Å². The molecule has 0 spiro atoms. The minimum absolute atomic E-state index is 0.124. The van der Waals surface area contributed by atoms with Crippen molar-refractivity contribution in [3.05, 3.63) is 130 Å². The maximum absolute atomic E-state index is 14.2. The Morgan fingerprint density at radius 2 is 1.32 bits per heavy atom. The van der Waals surface area contributed by atoms with Crippen LogP contribution in [-0.2, 0) is 22.7 Å². The quantitative estimate of drug-likeness (QED) is 0.205. The highest BCUT2D eigenvalue weighted by atomic mass is 16.5. The molecule has 0 radical (unpaired) electrons. The summed E-state index contributed by atoms with van der Waals surface area (Å²) >= 11 is 0. The molecule has 0 fully saturated rings. The largest absolute Gasteiger partial charge is 0.493 e. The highest BCUT2D eigenvalue weighted by molar-refractivity contribution is 6.06. The van der Waals surface area contributed by atoms with Crippen LogP contribution in [0.15, 0.2) is 114 Å². The van der Waals surface area contributed by atoms with Crippen LogP contribution in [0.3, 0.4) is 0 Å². The summed E-state index contributed by atoms with van der Waals surface area (Å²) in [5, 5.41) is 2.33. The Hall–Kier alpha value is -4.64. The zero-order chi connectivity index (χ0) is 32.9. The average molecular weight is 626 g/mol. The second kappa shape index (κ2) is 11.9. The van der Waals surface area contributed by atoms with Gasteiger partial charge in [-0.1, -0.05) is 107 Å². The van der Waals surface area contributed by atoms with Gasteiger partial charge < -0.3 is 14.4 Å². The number of fused-ring (bicyclic) bond motifs is 1. The van der Waals surface area contributed by atoms with Gasteiger partial charge in [0.2, 0.25) is 0 Å². The second-order valence-corrected chi connectivity index (χ2v) is 14.9. The van der Waals surface area contributed by atoms with Gasteiger partial charge in [-0.05, 0) is 63.3 Å². The maximum atomic E-state index is 14.2. The first-order chi connectivity index (χ1) is 22.5. The van der Waals surface area contributed by atoms with Gasteiger partial charge in [0.05, 0.1) is 7.11 Å². The number of methoxy groups -OCH3 is 1. The predicted molar refractivity (Wildman–Crippen MR) is 186 cm³/mol. The minimum Gasteiger partial charge on any atom is -0.493 e. The number of carbonyl (C=O) groups is 2. The Labute approximate surface area is 277 Å². The first kappa shape index (κ1) is 31.0. The molecule has 47 heavy (non-hydrogen) atoms. The molecule has 3 aliphatic rings. The summed E-state index contributed by atoms with van der Waals surface area (Å²) in [6, 6.07) is 30.8. The first-order valence-electron chi connectivity index (χ1n) is 16.6. The van der Waals surface area contributed by atoms with Gasteiger partial charge in [-0.15, -0.1) is 0 Å². The molecule has 0 amide bonds. The van der Waals surface area contributed by atoms with Crippen molar-refractivity contribution in [3.63, 3.8) is 0 Å². The maximum Gasteiger partial charge on any atom is 0.162 e. The fourth-order valence-corrected chi connectivity index (χ4v) is 7.89. The van der Waals surface area contributed by atoms with Crippen LogP contribution in [0.5, 0.6) is 11.5 Å². The van der Waals surface area contributed by atoms with E-state index < -0.39 is 5.92 Å². The van der Waals surface area contributed by atoms with Crippen molar-refractivity contribution in [3.8, 4) is 11.5 Å². The molecule has 5 nitrogen and oxygen atoms in total. The lowest BCUT2D eigenvalue weighted by atomic mass is 9.63. The number of Topliss-reactive ketones (excluding diaryl/α,β-unsaturated/α-hetero) is 2. The number of ketones is 2. The summed E-state index contributed by atoms with van der Waals surface area (Å²) in [7, 11) is 1.64. The van der Waals surface area contributed by atoms with Gasteiger partial charge in [-0.25, -0.2) is 0 Å². The molecule has 0 unspecified atom stereocenters. The lowest BCUT2D eigenvalue weighted by Crippen LogP contribution is -2.44. The molecule has 0 aromatic heterocycles. The van der Waals surface area contributed by atoms with Crippen molar-refractivity contribution in [2.24, 2.45) is 10.8 Å². The van der Waals surface area contributed by atoms with Gasteiger partial charge in [0, 0.05) is 47.8 Å². The summed E-state index contributed by atoms with van der Waals surface area (Å²) < 4.78 is 12.3. The van der Waals surface area contributed by atoms with Crippen molar-refractivity contribution in [2.45, 2.75) is 72.4 Å². The van der Waals surface area contributed by atoms with Gasteiger partial charge in [0.1, 0.15) is 6.61 Å². The van der Waals surface area contributed by atoms with Crippen LogP contribution < -0.4 is 9.47 Å². The molecule has 4 aromatic carbocycles. The van der Waals surface area contributed by atoms with E-state index in [1.807, 2.05) is 42.5 Å². The van der Waals surface area contributed by atoms with Crippen LogP contribution in [0.4, 0.5) is 0 Å². The van der Waals surface area contributed by atoms with Crippen LogP contribution >= 0.6 is 0 Å². The van der Waals surface area contributed by atoms with Gasteiger partial charge in [0.15, 0.2) is 23.1 Å².